The van der Waals surface area contributed by atoms with Crippen molar-refractivity contribution in [2.75, 3.05) is 5.73 Å². The molecule has 0 unspecified atom stereocenters. The fraction of sp³-hybridized carbons (Fsp3) is 0.0667. The minimum Gasteiger partial charge on any atom is -0.398 e. The summed E-state index contributed by atoms with van der Waals surface area (Å²) in [6.45, 7) is 0.287. The number of nitrogens with two attached hydrogens (primary N) is 2. The zero-order chi connectivity index (χ0) is 15.4. The SMILES string of the molecule is NC(=O)c1cccc(CNC(=O)c2ccc(Br)cc2N)c1. The molecule has 2 aromatic rings. The molecule has 0 heterocycles. The summed E-state index contributed by atoms with van der Waals surface area (Å²) in [5, 5.41) is 2.76. The van der Waals surface area contributed by atoms with Crippen LogP contribution in [0.5, 0.6) is 0 Å². The normalized spacial score (nSPS) is 10.1. The predicted molar refractivity (Wildman–Crippen MR) is 84.7 cm³/mol. The first kappa shape index (κ1) is 15.1. The highest BCUT2D eigenvalue weighted by Crippen LogP contribution is 2.18. The second kappa shape index (κ2) is 6.41. The number of amides is 2. The summed E-state index contributed by atoms with van der Waals surface area (Å²) in [5.41, 5.74) is 13.0. The third kappa shape index (κ3) is 3.82. The van der Waals surface area contributed by atoms with Crippen molar-refractivity contribution < 1.29 is 9.59 Å². The molecule has 0 atom stereocenters. The van der Waals surface area contributed by atoms with Gasteiger partial charge in [0.05, 0.1) is 5.56 Å². The standard InChI is InChI=1S/C15H14BrN3O2/c16-11-4-5-12(13(17)7-11)15(21)19-8-9-2-1-3-10(6-9)14(18)20/h1-7H,8,17H2,(H2,18,20)(H,19,21). The monoisotopic (exact) mass is 347 g/mol. The molecule has 2 aromatic carbocycles. The van der Waals surface area contributed by atoms with Gasteiger partial charge in [0.1, 0.15) is 0 Å². The van der Waals surface area contributed by atoms with E-state index in [4.69, 9.17) is 11.5 Å². The van der Waals surface area contributed by atoms with Crippen LogP contribution in [0.1, 0.15) is 26.3 Å². The molecule has 0 aromatic heterocycles. The fourth-order valence-corrected chi connectivity index (χ4v) is 2.23. The van der Waals surface area contributed by atoms with Crippen molar-refractivity contribution in [3.8, 4) is 0 Å². The van der Waals surface area contributed by atoms with Crippen LogP contribution in [0.2, 0.25) is 0 Å². The lowest BCUT2D eigenvalue weighted by molar-refractivity contribution is 0.0951. The second-order valence-corrected chi connectivity index (χ2v) is 5.39. The molecule has 0 fully saturated rings. The highest BCUT2D eigenvalue weighted by Gasteiger charge is 2.10. The number of carbonyl (C=O) groups is 2. The lowest BCUT2D eigenvalue weighted by Crippen LogP contribution is -2.24. The number of nitrogen functional groups attached to an aromatic ring is 1. The molecule has 2 rings (SSSR count). The van der Waals surface area contributed by atoms with Gasteiger partial charge in [-0.05, 0) is 35.9 Å². The van der Waals surface area contributed by atoms with E-state index in [1.165, 1.54) is 0 Å². The molecule has 0 aliphatic heterocycles. The summed E-state index contributed by atoms with van der Waals surface area (Å²) in [6, 6.07) is 11.9. The van der Waals surface area contributed by atoms with E-state index in [1.54, 1.807) is 42.5 Å². The molecule has 108 valence electrons. The lowest BCUT2D eigenvalue weighted by atomic mass is 10.1. The average molecular weight is 348 g/mol. The molecule has 2 amide bonds. The second-order valence-electron chi connectivity index (χ2n) is 4.48. The first-order valence-electron chi connectivity index (χ1n) is 6.19. The van der Waals surface area contributed by atoms with E-state index in [-0.39, 0.29) is 12.5 Å². The summed E-state index contributed by atoms with van der Waals surface area (Å²) < 4.78 is 0.811. The Bertz CT molecular complexity index is 701. The Kier molecular flexibility index (Phi) is 4.59. The van der Waals surface area contributed by atoms with Crippen LogP contribution < -0.4 is 16.8 Å². The predicted octanol–water partition coefficient (Wildman–Crippen LogP) is 2.06. The van der Waals surface area contributed by atoms with Crippen LogP contribution in [-0.4, -0.2) is 11.8 Å². The molecular weight excluding hydrogens is 334 g/mol. The van der Waals surface area contributed by atoms with E-state index in [9.17, 15) is 9.59 Å². The highest BCUT2D eigenvalue weighted by molar-refractivity contribution is 9.10. The van der Waals surface area contributed by atoms with Crippen LogP contribution in [0.25, 0.3) is 0 Å². The number of hydrogen-bond acceptors (Lipinski definition) is 3. The van der Waals surface area contributed by atoms with E-state index in [1.807, 2.05) is 0 Å². The number of halogens is 1. The van der Waals surface area contributed by atoms with Gasteiger partial charge in [-0.25, -0.2) is 0 Å². The number of nitrogens with one attached hydrogen (secondary N) is 1. The number of benzene rings is 2. The quantitative estimate of drug-likeness (QED) is 0.738. The molecule has 0 spiro atoms. The summed E-state index contributed by atoms with van der Waals surface area (Å²) in [7, 11) is 0. The molecule has 0 saturated carbocycles. The van der Waals surface area contributed by atoms with Crippen molar-refractivity contribution >= 4 is 33.4 Å². The zero-order valence-corrected chi connectivity index (χ0v) is 12.7. The highest BCUT2D eigenvalue weighted by atomic mass is 79.9. The van der Waals surface area contributed by atoms with Crippen molar-refractivity contribution in [1.29, 1.82) is 0 Å². The van der Waals surface area contributed by atoms with Crippen LogP contribution in [0, 0.1) is 0 Å². The molecule has 5 N–H and O–H groups in total. The molecule has 0 aliphatic rings. The molecule has 0 aliphatic carbocycles. The Morgan fingerprint density at radius 3 is 2.57 bits per heavy atom. The van der Waals surface area contributed by atoms with Crippen LogP contribution in [0.15, 0.2) is 46.9 Å². The van der Waals surface area contributed by atoms with Crippen molar-refractivity contribution in [1.82, 2.24) is 5.32 Å². The number of carbonyl (C=O) groups excluding carboxylic acids is 2. The summed E-state index contributed by atoms with van der Waals surface area (Å²) >= 11 is 3.29. The third-order valence-corrected chi connectivity index (χ3v) is 3.42. The van der Waals surface area contributed by atoms with E-state index >= 15 is 0 Å². The van der Waals surface area contributed by atoms with Crippen molar-refractivity contribution in [3.63, 3.8) is 0 Å². The van der Waals surface area contributed by atoms with Crippen LogP contribution in [0.4, 0.5) is 5.69 Å². The van der Waals surface area contributed by atoms with Gasteiger partial charge in [-0.15, -0.1) is 0 Å². The Morgan fingerprint density at radius 2 is 1.90 bits per heavy atom. The number of primary amides is 1. The van der Waals surface area contributed by atoms with Gasteiger partial charge >= 0.3 is 0 Å². The Labute approximate surface area is 130 Å². The number of hydrogen-bond donors (Lipinski definition) is 3. The molecule has 0 saturated heterocycles. The van der Waals surface area contributed by atoms with Crippen LogP contribution in [0.3, 0.4) is 0 Å². The minimum absolute atomic E-state index is 0.274. The van der Waals surface area contributed by atoms with Gasteiger partial charge in [0.25, 0.3) is 5.91 Å². The van der Waals surface area contributed by atoms with Gasteiger partial charge in [-0.1, -0.05) is 28.1 Å². The molecular formula is C15H14BrN3O2. The van der Waals surface area contributed by atoms with Crippen molar-refractivity contribution in [2.45, 2.75) is 6.54 Å². The third-order valence-electron chi connectivity index (χ3n) is 2.92. The Hall–Kier alpha value is -2.34. The molecule has 5 nitrogen and oxygen atoms in total. The maximum Gasteiger partial charge on any atom is 0.253 e. The first-order chi connectivity index (χ1) is 9.97. The topological polar surface area (TPSA) is 98.2 Å². The smallest absolute Gasteiger partial charge is 0.253 e. The van der Waals surface area contributed by atoms with E-state index in [2.05, 4.69) is 21.2 Å². The number of rotatable bonds is 4. The summed E-state index contributed by atoms with van der Waals surface area (Å²) in [5.74, 6) is -0.773. The first-order valence-corrected chi connectivity index (χ1v) is 6.98. The molecule has 0 radical (unpaired) electrons. The lowest BCUT2D eigenvalue weighted by Gasteiger charge is -2.08. The van der Waals surface area contributed by atoms with Crippen molar-refractivity contribution in [2.24, 2.45) is 5.73 Å². The largest absolute Gasteiger partial charge is 0.398 e. The Morgan fingerprint density at radius 1 is 1.14 bits per heavy atom. The van der Waals surface area contributed by atoms with E-state index in [0.29, 0.717) is 16.8 Å². The van der Waals surface area contributed by atoms with Gasteiger partial charge < -0.3 is 16.8 Å². The summed E-state index contributed by atoms with van der Waals surface area (Å²) in [6.07, 6.45) is 0. The maximum absolute atomic E-state index is 12.1. The van der Waals surface area contributed by atoms with Crippen molar-refractivity contribution in [3.05, 3.63) is 63.6 Å². The van der Waals surface area contributed by atoms with Crippen LogP contribution >= 0.6 is 15.9 Å². The van der Waals surface area contributed by atoms with Gasteiger partial charge in [0.2, 0.25) is 5.91 Å². The van der Waals surface area contributed by atoms with Gasteiger partial charge in [-0.2, -0.15) is 0 Å². The Balaban J connectivity index is 2.07. The molecule has 6 heteroatoms. The van der Waals surface area contributed by atoms with Gasteiger partial charge in [-0.3, -0.25) is 9.59 Å². The minimum atomic E-state index is -0.500. The molecule has 21 heavy (non-hydrogen) atoms. The van der Waals surface area contributed by atoms with Gasteiger partial charge in [0.15, 0.2) is 0 Å². The van der Waals surface area contributed by atoms with E-state index < -0.39 is 5.91 Å². The maximum atomic E-state index is 12.1. The number of anilines is 1. The van der Waals surface area contributed by atoms with E-state index in [0.717, 1.165) is 10.0 Å². The fourth-order valence-electron chi connectivity index (χ4n) is 1.85. The zero-order valence-electron chi connectivity index (χ0n) is 11.1. The average Bonchev–Trinajstić information content (AvgIpc) is 2.45. The molecule has 0 bridgehead atoms. The summed E-state index contributed by atoms with van der Waals surface area (Å²) in [4.78, 5) is 23.2. The van der Waals surface area contributed by atoms with Crippen LogP contribution in [-0.2, 0) is 6.54 Å². The van der Waals surface area contributed by atoms with Gasteiger partial charge in [0, 0.05) is 22.3 Å².